The first-order chi connectivity index (χ1) is 9.18. The molecule has 0 radical (unpaired) electrons. The van der Waals surface area contributed by atoms with Crippen molar-refractivity contribution in [3.05, 3.63) is 57.2 Å². The van der Waals surface area contributed by atoms with Gasteiger partial charge in [0, 0.05) is 11.4 Å². The lowest BCUT2D eigenvalue weighted by atomic mass is 10.2. The van der Waals surface area contributed by atoms with Crippen molar-refractivity contribution in [1.82, 2.24) is 5.32 Å². The molecule has 0 aliphatic carbocycles. The minimum Gasteiger partial charge on any atom is -0.388 e. The van der Waals surface area contributed by atoms with Gasteiger partial charge in [0.05, 0.1) is 16.7 Å². The Morgan fingerprint density at radius 2 is 2.11 bits per heavy atom. The van der Waals surface area contributed by atoms with Crippen LogP contribution in [0.25, 0.3) is 0 Å². The summed E-state index contributed by atoms with van der Waals surface area (Å²) in [6, 6.07) is 10.7. The van der Waals surface area contributed by atoms with Crippen LogP contribution in [-0.4, -0.2) is 17.6 Å². The highest BCUT2D eigenvalue weighted by Gasteiger charge is 2.11. The summed E-state index contributed by atoms with van der Waals surface area (Å²) in [6.45, 7) is 0.406. The van der Waals surface area contributed by atoms with Crippen LogP contribution in [0.3, 0.4) is 0 Å². The summed E-state index contributed by atoms with van der Waals surface area (Å²) in [7, 11) is 0. The number of hydrogen-bond acceptors (Lipinski definition) is 3. The monoisotopic (exact) mass is 295 g/mol. The van der Waals surface area contributed by atoms with Crippen molar-refractivity contribution < 1.29 is 9.90 Å². The van der Waals surface area contributed by atoms with E-state index in [1.165, 1.54) is 11.3 Å². The van der Waals surface area contributed by atoms with Crippen LogP contribution in [0.15, 0.2) is 41.8 Å². The van der Waals surface area contributed by atoms with Crippen LogP contribution in [0.2, 0.25) is 5.02 Å². The molecular weight excluding hydrogens is 282 g/mol. The van der Waals surface area contributed by atoms with E-state index < -0.39 is 6.10 Å². The van der Waals surface area contributed by atoms with Gasteiger partial charge in [0.1, 0.15) is 0 Å². The molecule has 0 saturated heterocycles. The number of carbonyl (C=O) groups excluding carboxylic acids is 1. The Balaban J connectivity index is 1.83. The summed E-state index contributed by atoms with van der Waals surface area (Å²) in [4.78, 5) is 12.8. The van der Waals surface area contributed by atoms with Gasteiger partial charge in [-0.25, -0.2) is 0 Å². The summed E-state index contributed by atoms with van der Waals surface area (Å²) < 4.78 is 0. The maximum absolute atomic E-state index is 11.9. The van der Waals surface area contributed by atoms with Gasteiger partial charge in [-0.15, -0.1) is 11.3 Å². The zero-order valence-corrected chi connectivity index (χ0v) is 11.7. The van der Waals surface area contributed by atoms with Gasteiger partial charge in [0.25, 0.3) is 5.91 Å². The third-order valence-corrected chi connectivity index (χ3v) is 4.00. The third kappa shape index (κ3) is 3.80. The number of amides is 1. The molecule has 19 heavy (non-hydrogen) atoms. The second-order valence-corrected chi connectivity index (χ2v) is 5.44. The number of hydrogen-bond donors (Lipinski definition) is 2. The van der Waals surface area contributed by atoms with E-state index in [-0.39, 0.29) is 5.91 Å². The van der Waals surface area contributed by atoms with Crippen LogP contribution in [0, 0.1) is 0 Å². The van der Waals surface area contributed by atoms with E-state index in [1.54, 1.807) is 24.3 Å². The Labute approximate surface area is 120 Å². The molecule has 1 aromatic heterocycles. The van der Waals surface area contributed by atoms with E-state index in [9.17, 15) is 9.90 Å². The average molecular weight is 296 g/mol. The number of nitrogens with one attached hydrogen (secondary N) is 1. The first kappa shape index (κ1) is 14.1. The summed E-state index contributed by atoms with van der Waals surface area (Å²) in [5.41, 5.74) is 0.454. The Hall–Kier alpha value is -1.36. The normalized spacial score (nSPS) is 12.1. The van der Waals surface area contributed by atoms with Crippen LogP contribution in [0.1, 0.15) is 27.8 Å². The number of carbonyl (C=O) groups is 1. The second-order valence-electron chi connectivity index (χ2n) is 4.06. The maximum atomic E-state index is 11.9. The predicted molar refractivity (Wildman–Crippen MR) is 77.7 cm³/mol. The van der Waals surface area contributed by atoms with Crippen LogP contribution >= 0.6 is 22.9 Å². The molecule has 0 saturated carbocycles. The fourth-order valence-electron chi connectivity index (χ4n) is 1.69. The van der Waals surface area contributed by atoms with Gasteiger partial charge >= 0.3 is 0 Å². The van der Waals surface area contributed by atoms with Crippen molar-refractivity contribution in [2.45, 2.75) is 12.5 Å². The van der Waals surface area contributed by atoms with Crippen LogP contribution in [0.4, 0.5) is 0 Å². The highest BCUT2D eigenvalue weighted by Crippen LogP contribution is 2.21. The van der Waals surface area contributed by atoms with Crippen LogP contribution in [-0.2, 0) is 0 Å². The number of aliphatic hydroxyl groups excluding tert-OH is 1. The zero-order chi connectivity index (χ0) is 13.7. The topological polar surface area (TPSA) is 49.3 Å². The molecule has 1 amide bonds. The molecule has 5 heteroatoms. The van der Waals surface area contributed by atoms with Gasteiger partial charge in [0.15, 0.2) is 0 Å². The SMILES string of the molecule is O=C(NCC[C@H](O)c1cccs1)c1ccccc1Cl. The molecule has 1 atom stereocenters. The molecule has 2 N–H and O–H groups in total. The summed E-state index contributed by atoms with van der Waals surface area (Å²) in [5, 5.41) is 15.0. The van der Waals surface area contributed by atoms with Crippen LogP contribution < -0.4 is 5.32 Å². The third-order valence-electron chi connectivity index (χ3n) is 2.69. The first-order valence-electron chi connectivity index (χ1n) is 5.92. The number of thiophene rings is 1. The molecule has 0 aliphatic rings. The lowest BCUT2D eigenvalue weighted by Crippen LogP contribution is -2.25. The summed E-state index contributed by atoms with van der Waals surface area (Å²) >= 11 is 7.44. The predicted octanol–water partition coefficient (Wildman–Crippen LogP) is 3.26. The fraction of sp³-hybridized carbons (Fsp3) is 0.214. The molecule has 0 unspecified atom stereocenters. The lowest BCUT2D eigenvalue weighted by molar-refractivity contribution is 0.0943. The van der Waals surface area contributed by atoms with Crippen molar-refractivity contribution in [1.29, 1.82) is 0 Å². The van der Waals surface area contributed by atoms with Crippen molar-refractivity contribution in [3.63, 3.8) is 0 Å². The molecule has 1 heterocycles. The minimum atomic E-state index is -0.536. The standard InChI is InChI=1S/C14H14ClNO2S/c15-11-5-2-1-4-10(11)14(18)16-8-7-12(17)13-6-3-9-19-13/h1-6,9,12,17H,7-8H2,(H,16,18)/t12-/m0/s1. The minimum absolute atomic E-state index is 0.219. The number of aliphatic hydroxyl groups is 1. The Morgan fingerprint density at radius 1 is 1.32 bits per heavy atom. The highest BCUT2D eigenvalue weighted by atomic mass is 35.5. The van der Waals surface area contributed by atoms with Crippen LogP contribution in [0.5, 0.6) is 0 Å². The van der Waals surface area contributed by atoms with Crippen molar-refractivity contribution in [2.24, 2.45) is 0 Å². The number of benzene rings is 1. The molecule has 0 aliphatic heterocycles. The highest BCUT2D eigenvalue weighted by molar-refractivity contribution is 7.10. The lowest BCUT2D eigenvalue weighted by Gasteiger charge is -2.10. The first-order valence-corrected chi connectivity index (χ1v) is 7.18. The van der Waals surface area contributed by atoms with Gasteiger partial charge in [-0.1, -0.05) is 29.8 Å². The van der Waals surface area contributed by atoms with E-state index >= 15 is 0 Å². The molecular formula is C14H14ClNO2S. The van der Waals surface area contributed by atoms with E-state index in [4.69, 9.17) is 11.6 Å². The quantitative estimate of drug-likeness (QED) is 0.889. The molecule has 0 spiro atoms. The average Bonchev–Trinajstić information content (AvgIpc) is 2.93. The molecule has 2 rings (SSSR count). The Bertz CT molecular complexity index is 542. The molecule has 1 aromatic carbocycles. The van der Waals surface area contributed by atoms with Crippen molar-refractivity contribution in [3.8, 4) is 0 Å². The molecule has 100 valence electrons. The number of rotatable bonds is 5. The fourth-order valence-corrected chi connectivity index (χ4v) is 2.65. The van der Waals surface area contributed by atoms with Crippen molar-refractivity contribution in [2.75, 3.05) is 6.54 Å². The largest absolute Gasteiger partial charge is 0.388 e. The van der Waals surface area contributed by atoms with E-state index in [1.807, 2.05) is 17.5 Å². The molecule has 3 nitrogen and oxygen atoms in total. The molecule has 2 aromatic rings. The summed E-state index contributed by atoms with van der Waals surface area (Å²) in [6.07, 6.45) is -0.0528. The molecule has 0 fully saturated rings. The van der Waals surface area contributed by atoms with E-state index in [0.717, 1.165) is 4.88 Å². The Morgan fingerprint density at radius 3 is 2.79 bits per heavy atom. The maximum Gasteiger partial charge on any atom is 0.252 e. The van der Waals surface area contributed by atoms with Gasteiger partial charge in [0.2, 0.25) is 0 Å². The van der Waals surface area contributed by atoms with Gasteiger partial charge in [-0.05, 0) is 30.0 Å². The molecule has 0 bridgehead atoms. The van der Waals surface area contributed by atoms with E-state index in [2.05, 4.69) is 5.32 Å². The van der Waals surface area contributed by atoms with Gasteiger partial charge < -0.3 is 10.4 Å². The van der Waals surface area contributed by atoms with Crippen molar-refractivity contribution >= 4 is 28.8 Å². The Kier molecular flexibility index (Phi) is 4.96. The van der Waals surface area contributed by atoms with Gasteiger partial charge in [-0.3, -0.25) is 4.79 Å². The van der Waals surface area contributed by atoms with Gasteiger partial charge in [-0.2, -0.15) is 0 Å². The smallest absolute Gasteiger partial charge is 0.252 e. The zero-order valence-electron chi connectivity index (χ0n) is 10.2. The number of halogens is 1. The summed E-state index contributed by atoms with van der Waals surface area (Å²) in [5.74, 6) is -0.219. The van der Waals surface area contributed by atoms with E-state index in [0.29, 0.717) is 23.6 Å². The second kappa shape index (κ2) is 6.70.